The average Bonchev–Trinajstić information content (AvgIpc) is 2.70. The fourth-order valence-corrected chi connectivity index (χ4v) is 2.24. The zero-order valence-corrected chi connectivity index (χ0v) is 10.5. The Bertz CT molecular complexity index is 341. The number of carbonyl (C=O) groups excluding carboxylic acids is 1. The first kappa shape index (κ1) is 13.5. The van der Waals surface area contributed by atoms with Gasteiger partial charge < -0.3 is 15.3 Å². The van der Waals surface area contributed by atoms with Crippen LogP contribution in [-0.2, 0) is 4.79 Å². The predicted octanol–water partition coefficient (Wildman–Crippen LogP) is 1.60. The second kappa shape index (κ2) is 5.21. The third-order valence-corrected chi connectivity index (χ3v) is 3.26. The smallest absolute Gasteiger partial charge is 0.329 e. The van der Waals surface area contributed by atoms with Crippen molar-refractivity contribution in [2.75, 3.05) is 13.1 Å². The Labute approximate surface area is 101 Å². The molecule has 0 aromatic rings. The van der Waals surface area contributed by atoms with Gasteiger partial charge in [-0.25, -0.2) is 9.59 Å². The summed E-state index contributed by atoms with van der Waals surface area (Å²) < 4.78 is 0. The van der Waals surface area contributed by atoms with E-state index >= 15 is 0 Å². The summed E-state index contributed by atoms with van der Waals surface area (Å²) in [5, 5.41) is 12.0. The van der Waals surface area contributed by atoms with Gasteiger partial charge in [0.05, 0.1) is 0 Å². The standard InChI is InChI=1S/C12H20N2O3/c1-4-12(10(15)16)6-5-7-14(12)11(17)13-8-9(2)3/h2,4-8H2,1,3H3,(H,13,17)(H,15,16). The van der Waals surface area contributed by atoms with Gasteiger partial charge in [-0.3, -0.25) is 0 Å². The number of hydrogen-bond acceptors (Lipinski definition) is 2. The molecule has 1 aliphatic rings. The topological polar surface area (TPSA) is 69.6 Å². The monoisotopic (exact) mass is 240 g/mol. The van der Waals surface area contributed by atoms with Gasteiger partial charge in [0, 0.05) is 13.1 Å². The van der Waals surface area contributed by atoms with E-state index in [1.54, 1.807) is 6.92 Å². The number of amides is 2. The maximum atomic E-state index is 11.9. The number of carboxylic acid groups (broad SMARTS) is 1. The summed E-state index contributed by atoms with van der Waals surface area (Å²) in [5.74, 6) is -0.914. The molecule has 5 nitrogen and oxygen atoms in total. The van der Waals surface area contributed by atoms with Crippen LogP contribution in [0.4, 0.5) is 4.79 Å². The highest BCUT2D eigenvalue weighted by Crippen LogP contribution is 2.32. The van der Waals surface area contributed by atoms with Crippen molar-refractivity contribution in [1.29, 1.82) is 0 Å². The molecule has 1 unspecified atom stereocenters. The van der Waals surface area contributed by atoms with Crippen LogP contribution in [0.25, 0.3) is 0 Å². The molecule has 0 bridgehead atoms. The predicted molar refractivity (Wildman–Crippen MR) is 64.8 cm³/mol. The molecular weight excluding hydrogens is 220 g/mol. The Morgan fingerprint density at radius 1 is 1.53 bits per heavy atom. The number of nitrogens with zero attached hydrogens (tertiary/aromatic N) is 1. The molecule has 0 aliphatic carbocycles. The lowest BCUT2D eigenvalue weighted by molar-refractivity contribution is -0.148. The Balaban J connectivity index is 2.77. The molecule has 1 saturated heterocycles. The maximum absolute atomic E-state index is 11.9. The highest BCUT2D eigenvalue weighted by Gasteiger charge is 2.48. The average molecular weight is 240 g/mol. The summed E-state index contributed by atoms with van der Waals surface area (Å²) in [6.45, 7) is 8.20. The van der Waals surface area contributed by atoms with E-state index in [4.69, 9.17) is 0 Å². The third kappa shape index (κ3) is 2.60. The van der Waals surface area contributed by atoms with Gasteiger partial charge in [-0.2, -0.15) is 0 Å². The van der Waals surface area contributed by atoms with E-state index in [0.29, 0.717) is 25.9 Å². The summed E-state index contributed by atoms with van der Waals surface area (Å²) in [5.41, 5.74) is -0.186. The quantitative estimate of drug-likeness (QED) is 0.733. The minimum Gasteiger partial charge on any atom is -0.479 e. The maximum Gasteiger partial charge on any atom is 0.329 e. The Kier molecular flexibility index (Phi) is 4.15. The van der Waals surface area contributed by atoms with Crippen LogP contribution in [0.3, 0.4) is 0 Å². The molecule has 1 fully saturated rings. The van der Waals surface area contributed by atoms with E-state index < -0.39 is 11.5 Å². The van der Waals surface area contributed by atoms with Gasteiger partial charge in [0.2, 0.25) is 0 Å². The molecule has 1 rings (SSSR count). The molecule has 0 radical (unpaired) electrons. The lowest BCUT2D eigenvalue weighted by Crippen LogP contribution is -2.55. The largest absolute Gasteiger partial charge is 0.479 e. The van der Waals surface area contributed by atoms with Gasteiger partial charge in [0.1, 0.15) is 5.54 Å². The number of rotatable bonds is 4. The SMILES string of the molecule is C=C(C)CNC(=O)N1CCCC1(CC)C(=O)O. The molecule has 0 aromatic carbocycles. The van der Waals surface area contributed by atoms with E-state index in [-0.39, 0.29) is 6.03 Å². The molecule has 5 heteroatoms. The lowest BCUT2D eigenvalue weighted by Gasteiger charge is -2.33. The first-order valence-electron chi connectivity index (χ1n) is 5.87. The van der Waals surface area contributed by atoms with E-state index in [1.807, 2.05) is 6.92 Å². The number of carbonyl (C=O) groups is 2. The van der Waals surface area contributed by atoms with Crippen LogP contribution in [0.1, 0.15) is 33.1 Å². The molecule has 96 valence electrons. The number of urea groups is 1. The number of carboxylic acids is 1. The van der Waals surface area contributed by atoms with E-state index in [2.05, 4.69) is 11.9 Å². The summed E-state index contributed by atoms with van der Waals surface area (Å²) in [7, 11) is 0. The fraction of sp³-hybridized carbons (Fsp3) is 0.667. The third-order valence-electron chi connectivity index (χ3n) is 3.26. The van der Waals surface area contributed by atoms with Crippen molar-refractivity contribution in [2.24, 2.45) is 0 Å². The molecular formula is C12H20N2O3. The van der Waals surface area contributed by atoms with Crippen molar-refractivity contribution in [2.45, 2.75) is 38.6 Å². The van der Waals surface area contributed by atoms with E-state index in [9.17, 15) is 14.7 Å². The number of hydrogen-bond donors (Lipinski definition) is 2. The van der Waals surface area contributed by atoms with Crippen molar-refractivity contribution < 1.29 is 14.7 Å². The van der Waals surface area contributed by atoms with Crippen LogP contribution in [-0.4, -0.2) is 40.6 Å². The first-order valence-corrected chi connectivity index (χ1v) is 5.87. The first-order chi connectivity index (χ1) is 7.94. The summed E-state index contributed by atoms with van der Waals surface area (Å²) >= 11 is 0. The zero-order chi connectivity index (χ0) is 13.1. The minimum atomic E-state index is -1.03. The molecule has 0 saturated carbocycles. The number of likely N-dealkylation sites (tertiary alicyclic amines) is 1. The molecule has 1 heterocycles. The normalized spacial score (nSPS) is 23.5. The van der Waals surface area contributed by atoms with Gasteiger partial charge >= 0.3 is 12.0 Å². The van der Waals surface area contributed by atoms with Crippen molar-refractivity contribution in [3.63, 3.8) is 0 Å². The lowest BCUT2D eigenvalue weighted by atomic mass is 9.93. The van der Waals surface area contributed by atoms with Crippen LogP contribution in [0, 0.1) is 0 Å². The molecule has 1 atom stereocenters. The van der Waals surface area contributed by atoms with Gasteiger partial charge in [0.15, 0.2) is 0 Å². The van der Waals surface area contributed by atoms with Crippen molar-refractivity contribution >= 4 is 12.0 Å². The summed E-state index contributed by atoms with van der Waals surface area (Å²) in [6, 6.07) is -0.310. The van der Waals surface area contributed by atoms with E-state index in [1.165, 1.54) is 4.90 Å². The molecule has 2 amide bonds. The van der Waals surface area contributed by atoms with Crippen molar-refractivity contribution in [1.82, 2.24) is 10.2 Å². The van der Waals surface area contributed by atoms with Gasteiger partial charge in [0.25, 0.3) is 0 Å². The highest BCUT2D eigenvalue weighted by atomic mass is 16.4. The minimum absolute atomic E-state index is 0.310. The molecule has 2 N–H and O–H groups in total. The second-order valence-electron chi connectivity index (χ2n) is 4.56. The number of aliphatic carboxylic acids is 1. The van der Waals surface area contributed by atoms with Crippen LogP contribution < -0.4 is 5.32 Å². The number of nitrogens with one attached hydrogen (secondary N) is 1. The Morgan fingerprint density at radius 2 is 2.18 bits per heavy atom. The molecule has 1 aliphatic heterocycles. The zero-order valence-electron chi connectivity index (χ0n) is 10.5. The van der Waals surface area contributed by atoms with Crippen molar-refractivity contribution in [3.05, 3.63) is 12.2 Å². The fourth-order valence-electron chi connectivity index (χ4n) is 2.24. The van der Waals surface area contributed by atoms with Crippen LogP contribution in [0.15, 0.2) is 12.2 Å². The second-order valence-corrected chi connectivity index (χ2v) is 4.56. The Hall–Kier alpha value is -1.52. The Morgan fingerprint density at radius 3 is 2.65 bits per heavy atom. The summed E-state index contributed by atoms with van der Waals surface area (Å²) in [4.78, 5) is 24.8. The van der Waals surface area contributed by atoms with Gasteiger partial charge in [-0.15, -0.1) is 0 Å². The van der Waals surface area contributed by atoms with Crippen LogP contribution in [0.5, 0.6) is 0 Å². The van der Waals surface area contributed by atoms with Crippen LogP contribution >= 0.6 is 0 Å². The summed E-state index contributed by atoms with van der Waals surface area (Å²) in [6.07, 6.45) is 1.70. The van der Waals surface area contributed by atoms with Gasteiger partial charge in [-0.1, -0.05) is 19.1 Å². The van der Waals surface area contributed by atoms with Crippen LogP contribution in [0.2, 0.25) is 0 Å². The highest BCUT2D eigenvalue weighted by molar-refractivity contribution is 5.87. The molecule has 0 aromatic heterocycles. The van der Waals surface area contributed by atoms with Crippen molar-refractivity contribution in [3.8, 4) is 0 Å². The molecule has 0 spiro atoms. The van der Waals surface area contributed by atoms with E-state index in [0.717, 1.165) is 12.0 Å². The molecule has 17 heavy (non-hydrogen) atoms. The van der Waals surface area contributed by atoms with Gasteiger partial charge in [-0.05, 0) is 26.2 Å².